The molecule has 0 aliphatic heterocycles. The number of benzene rings is 2. The Morgan fingerprint density at radius 2 is 1.58 bits per heavy atom. The van der Waals surface area contributed by atoms with Crippen LogP contribution in [-0.4, -0.2) is 16.6 Å². The highest BCUT2D eigenvalue weighted by Gasteiger charge is 2.15. The lowest BCUT2D eigenvalue weighted by molar-refractivity contribution is 0.178. The zero-order valence-corrected chi connectivity index (χ0v) is 14.8. The van der Waals surface area contributed by atoms with E-state index < -0.39 is 6.10 Å². The van der Waals surface area contributed by atoms with Gasteiger partial charge in [0.1, 0.15) is 6.10 Å². The standard InChI is InChI=1S/C20H19BrN2O/c21-17-11-12-19(22-13-17)20(24)15-23(18-9-5-2-6-10-18)14-16-7-3-1-4-8-16/h1-13,20,24H,14-15H2. The van der Waals surface area contributed by atoms with Gasteiger partial charge < -0.3 is 10.0 Å². The molecular weight excluding hydrogens is 364 g/mol. The van der Waals surface area contributed by atoms with Crippen LogP contribution in [-0.2, 0) is 6.54 Å². The Morgan fingerprint density at radius 1 is 0.917 bits per heavy atom. The molecule has 2 aromatic carbocycles. The number of halogens is 1. The van der Waals surface area contributed by atoms with Gasteiger partial charge in [-0.05, 0) is 45.8 Å². The number of nitrogens with zero attached hydrogens (tertiary/aromatic N) is 2. The first-order chi connectivity index (χ1) is 11.7. The van der Waals surface area contributed by atoms with E-state index in [0.717, 1.165) is 16.7 Å². The summed E-state index contributed by atoms with van der Waals surface area (Å²) in [6, 6.07) is 24.2. The van der Waals surface area contributed by atoms with Crippen LogP contribution >= 0.6 is 15.9 Å². The minimum atomic E-state index is -0.651. The van der Waals surface area contributed by atoms with Gasteiger partial charge in [0.05, 0.1) is 5.69 Å². The molecule has 0 saturated heterocycles. The van der Waals surface area contributed by atoms with Gasteiger partial charge >= 0.3 is 0 Å². The molecule has 0 bridgehead atoms. The Hall–Kier alpha value is -2.17. The Bertz CT molecular complexity index is 748. The molecule has 0 aliphatic carbocycles. The number of anilines is 1. The van der Waals surface area contributed by atoms with Gasteiger partial charge in [-0.2, -0.15) is 0 Å². The van der Waals surface area contributed by atoms with Crippen LogP contribution in [0.15, 0.2) is 83.5 Å². The van der Waals surface area contributed by atoms with E-state index in [4.69, 9.17) is 0 Å². The fraction of sp³-hybridized carbons (Fsp3) is 0.150. The van der Waals surface area contributed by atoms with E-state index in [2.05, 4.69) is 50.1 Å². The maximum absolute atomic E-state index is 10.6. The molecule has 0 fully saturated rings. The summed E-state index contributed by atoms with van der Waals surface area (Å²) in [4.78, 5) is 6.48. The lowest BCUT2D eigenvalue weighted by atomic mass is 10.1. The van der Waals surface area contributed by atoms with Crippen molar-refractivity contribution in [3.05, 3.63) is 94.7 Å². The van der Waals surface area contributed by atoms with Crippen molar-refractivity contribution in [2.45, 2.75) is 12.6 Å². The second-order valence-corrected chi connectivity index (χ2v) is 6.53. The topological polar surface area (TPSA) is 36.4 Å². The normalized spacial score (nSPS) is 11.9. The van der Waals surface area contributed by atoms with E-state index in [0.29, 0.717) is 12.2 Å². The Balaban J connectivity index is 1.80. The first kappa shape index (κ1) is 16.7. The molecule has 1 atom stereocenters. The number of aliphatic hydroxyl groups is 1. The summed E-state index contributed by atoms with van der Waals surface area (Å²) in [7, 11) is 0. The molecule has 1 N–H and O–H groups in total. The number of aliphatic hydroxyl groups excluding tert-OH is 1. The molecule has 4 heteroatoms. The van der Waals surface area contributed by atoms with Crippen LogP contribution in [0, 0.1) is 0 Å². The molecule has 1 unspecified atom stereocenters. The zero-order valence-electron chi connectivity index (χ0n) is 13.2. The van der Waals surface area contributed by atoms with Crippen LogP contribution in [0.25, 0.3) is 0 Å². The monoisotopic (exact) mass is 382 g/mol. The molecule has 1 heterocycles. The number of hydrogen-bond acceptors (Lipinski definition) is 3. The fourth-order valence-corrected chi connectivity index (χ4v) is 2.83. The van der Waals surface area contributed by atoms with Crippen molar-refractivity contribution in [1.29, 1.82) is 0 Å². The van der Waals surface area contributed by atoms with Gasteiger partial charge in [-0.15, -0.1) is 0 Å². The van der Waals surface area contributed by atoms with E-state index in [1.807, 2.05) is 48.5 Å². The number of pyridine rings is 1. The Kier molecular flexibility index (Phi) is 5.62. The third-order valence-electron chi connectivity index (χ3n) is 3.82. The first-order valence-electron chi connectivity index (χ1n) is 7.86. The smallest absolute Gasteiger partial charge is 0.113 e. The molecular formula is C20H19BrN2O. The van der Waals surface area contributed by atoms with Gasteiger partial charge in [0.2, 0.25) is 0 Å². The van der Waals surface area contributed by atoms with Gasteiger partial charge in [0.15, 0.2) is 0 Å². The highest BCUT2D eigenvalue weighted by molar-refractivity contribution is 9.10. The summed E-state index contributed by atoms with van der Waals surface area (Å²) in [5.41, 5.74) is 2.96. The van der Waals surface area contributed by atoms with Crippen molar-refractivity contribution in [2.24, 2.45) is 0 Å². The van der Waals surface area contributed by atoms with Crippen LogP contribution < -0.4 is 4.90 Å². The second-order valence-electron chi connectivity index (χ2n) is 5.62. The summed E-state index contributed by atoms with van der Waals surface area (Å²) in [6.07, 6.45) is 1.06. The van der Waals surface area contributed by atoms with Crippen molar-refractivity contribution in [3.8, 4) is 0 Å². The number of para-hydroxylation sites is 1. The number of rotatable bonds is 6. The maximum Gasteiger partial charge on any atom is 0.113 e. The van der Waals surface area contributed by atoms with Crippen molar-refractivity contribution in [1.82, 2.24) is 4.98 Å². The molecule has 0 aliphatic rings. The number of aromatic nitrogens is 1. The van der Waals surface area contributed by atoms with E-state index in [-0.39, 0.29) is 0 Å². The lowest BCUT2D eigenvalue weighted by Crippen LogP contribution is -2.28. The molecule has 3 rings (SSSR count). The summed E-state index contributed by atoms with van der Waals surface area (Å²) < 4.78 is 0.905. The van der Waals surface area contributed by atoms with Crippen LogP contribution in [0.2, 0.25) is 0 Å². The SMILES string of the molecule is OC(CN(Cc1ccccc1)c1ccccc1)c1ccc(Br)cn1. The lowest BCUT2D eigenvalue weighted by Gasteiger charge is -2.27. The molecule has 3 aromatic rings. The predicted octanol–water partition coefficient (Wildman–Crippen LogP) is 4.58. The molecule has 0 spiro atoms. The molecule has 0 saturated carbocycles. The largest absolute Gasteiger partial charge is 0.385 e. The van der Waals surface area contributed by atoms with Crippen LogP contribution in [0.3, 0.4) is 0 Å². The van der Waals surface area contributed by atoms with Gasteiger partial charge in [-0.1, -0.05) is 48.5 Å². The van der Waals surface area contributed by atoms with E-state index in [1.165, 1.54) is 5.56 Å². The van der Waals surface area contributed by atoms with E-state index in [1.54, 1.807) is 6.20 Å². The van der Waals surface area contributed by atoms with Crippen LogP contribution in [0.5, 0.6) is 0 Å². The Morgan fingerprint density at radius 3 is 2.21 bits per heavy atom. The molecule has 3 nitrogen and oxygen atoms in total. The zero-order chi connectivity index (χ0) is 16.8. The third kappa shape index (κ3) is 4.43. The minimum Gasteiger partial charge on any atom is -0.385 e. The maximum atomic E-state index is 10.6. The predicted molar refractivity (Wildman–Crippen MR) is 101 cm³/mol. The van der Waals surface area contributed by atoms with E-state index >= 15 is 0 Å². The Labute approximate surface area is 150 Å². The fourth-order valence-electron chi connectivity index (χ4n) is 2.59. The highest BCUT2D eigenvalue weighted by atomic mass is 79.9. The van der Waals surface area contributed by atoms with Crippen molar-refractivity contribution < 1.29 is 5.11 Å². The first-order valence-corrected chi connectivity index (χ1v) is 8.65. The quantitative estimate of drug-likeness (QED) is 0.677. The van der Waals surface area contributed by atoms with Gasteiger partial charge in [0, 0.05) is 29.4 Å². The molecule has 122 valence electrons. The van der Waals surface area contributed by atoms with Crippen molar-refractivity contribution in [3.63, 3.8) is 0 Å². The third-order valence-corrected chi connectivity index (χ3v) is 4.29. The van der Waals surface area contributed by atoms with Crippen LogP contribution in [0.1, 0.15) is 17.4 Å². The van der Waals surface area contributed by atoms with E-state index in [9.17, 15) is 5.11 Å². The van der Waals surface area contributed by atoms with Crippen molar-refractivity contribution >= 4 is 21.6 Å². The molecule has 0 amide bonds. The summed E-state index contributed by atoms with van der Waals surface area (Å²) >= 11 is 3.37. The summed E-state index contributed by atoms with van der Waals surface area (Å²) in [5.74, 6) is 0. The summed E-state index contributed by atoms with van der Waals surface area (Å²) in [6.45, 7) is 1.21. The van der Waals surface area contributed by atoms with Gasteiger partial charge in [-0.25, -0.2) is 0 Å². The second kappa shape index (κ2) is 8.08. The molecule has 24 heavy (non-hydrogen) atoms. The van der Waals surface area contributed by atoms with Gasteiger partial charge in [0.25, 0.3) is 0 Å². The highest BCUT2D eigenvalue weighted by Crippen LogP contribution is 2.21. The van der Waals surface area contributed by atoms with Gasteiger partial charge in [-0.3, -0.25) is 4.98 Å². The molecule has 1 aromatic heterocycles. The van der Waals surface area contributed by atoms with Crippen molar-refractivity contribution in [2.75, 3.05) is 11.4 Å². The number of hydrogen-bond donors (Lipinski definition) is 1. The molecule has 0 radical (unpaired) electrons. The minimum absolute atomic E-state index is 0.480. The average Bonchev–Trinajstić information content (AvgIpc) is 2.63. The summed E-state index contributed by atoms with van der Waals surface area (Å²) in [5, 5.41) is 10.6. The van der Waals surface area contributed by atoms with Crippen LogP contribution in [0.4, 0.5) is 5.69 Å². The average molecular weight is 383 g/mol.